The second-order valence-corrected chi connectivity index (χ2v) is 7.21. The highest BCUT2D eigenvalue weighted by Gasteiger charge is 2.29. The SMILES string of the molecule is C=CCNC(=O)c1cccc(C(=O)NC2CCS(=O)(=O)C2)n1. The number of amides is 2. The number of aromatic nitrogens is 1. The summed E-state index contributed by atoms with van der Waals surface area (Å²) < 4.78 is 22.7. The molecule has 1 aliphatic rings. The fourth-order valence-corrected chi connectivity index (χ4v) is 3.78. The minimum Gasteiger partial charge on any atom is -0.347 e. The monoisotopic (exact) mass is 323 g/mol. The minimum atomic E-state index is -3.06. The Kier molecular flexibility index (Phi) is 4.92. The standard InChI is InChI=1S/C14H17N3O4S/c1-2-7-15-13(18)11-4-3-5-12(17-11)14(19)16-10-6-8-22(20,21)9-10/h2-5,10H,1,6-9H2,(H,15,18)(H,16,19). The van der Waals surface area contributed by atoms with E-state index in [1.165, 1.54) is 18.2 Å². The van der Waals surface area contributed by atoms with Gasteiger partial charge < -0.3 is 10.6 Å². The van der Waals surface area contributed by atoms with E-state index in [-0.39, 0.29) is 22.9 Å². The van der Waals surface area contributed by atoms with Gasteiger partial charge in [-0.05, 0) is 18.6 Å². The van der Waals surface area contributed by atoms with Gasteiger partial charge in [-0.3, -0.25) is 9.59 Å². The van der Waals surface area contributed by atoms with Gasteiger partial charge in [0.05, 0.1) is 11.5 Å². The Bertz CT molecular complexity index is 700. The van der Waals surface area contributed by atoms with E-state index in [0.29, 0.717) is 13.0 Å². The van der Waals surface area contributed by atoms with Crippen LogP contribution in [0.25, 0.3) is 0 Å². The van der Waals surface area contributed by atoms with E-state index in [2.05, 4.69) is 22.2 Å². The highest BCUT2D eigenvalue weighted by atomic mass is 32.2. The molecule has 2 amide bonds. The average molecular weight is 323 g/mol. The van der Waals surface area contributed by atoms with E-state index in [4.69, 9.17) is 0 Å². The van der Waals surface area contributed by atoms with Gasteiger partial charge >= 0.3 is 0 Å². The summed E-state index contributed by atoms with van der Waals surface area (Å²) in [5.41, 5.74) is 0.198. The number of hydrogen-bond acceptors (Lipinski definition) is 5. The molecule has 118 valence electrons. The van der Waals surface area contributed by atoms with Crippen LogP contribution < -0.4 is 10.6 Å². The van der Waals surface area contributed by atoms with Crippen molar-refractivity contribution >= 4 is 21.7 Å². The highest BCUT2D eigenvalue weighted by molar-refractivity contribution is 7.91. The fourth-order valence-electron chi connectivity index (χ4n) is 2.11. The molecular formula is C14H17N3O4S. The Morgan fingerprint density at radius 3 is 2.59 bits per heavy atom. The van der Waals surface area contributed by atoms with Gasteiger partial charge in [0.15, 0.2) is 9.84 Å². The van der Waals surface area contributed by atoms with Crippen molar-refractivity contribution in [2.45, 2.75) is 12.5 Å². The molecule has 1 atom stereocenters. The maximum Gasteiger partial charge on any atom is 0.270 e. The number of sulfone groups is 1. The molecule has 0 bridgehead atoms. The van der Waals surface area contributed by atoms with Crippen LogP contribution in [0.1, 0.15) is 27.4 Å². The van der Waals surface area contributed by atoms with Crippen molar-refractivity contribution in [2.24, 2.45) is 0 Å². The molecule has 0 aliphatic carbocycles. The zero-order valence-corrected chi connectivity index (χ0v) is 12.7. The summed E-state index contributed by atoms with van der Waals surface area (Å²) in [5.74, 6) is -0.869. The second kappa shape index (κ2) is 6.69. The third-order valence-electron chi connectivity index (χ3n) is 3.19. The molecule has 1 aliphatic heterocycles. The first-order chi connectivity index (χ1) is 10.4. The van der Waals surface area contributed by atoms with E-state index in [9.17, 15) is 18.0 Å². The lowest BCUT2D eigenvalue weighted by Crippen LogP contribution is -2.36. The number of rotatable bonds is 5. The first kappa shape index (κ1) is 16.2. The van der Waals surface area contributed by atoms with Gasteiger partial charge in [-0.2, -0.15) is 0 Å². The largest absolute Gasteiger partial charge is 0.347 e. The molecule has 1 unspecified atom stereocenters. The molecule has 1 aromatic rings. The van der Waals surface area contributed by atoms with Crippen molar-refractivity contribution in [2.75, 3.05) is 18.1 Å². The van der Waals surface area contributed by atoms with Gasteiger partial charge in [0.2, 0.25) is 0 Å². The van der Waals surface area contributed by atoms with Crippen LogP contribution in [-0.4, -0.2) is 49.3 Å². The summed E-state index contributed by atoms with van der Waals surface area (Å²) in [5, 5.41) is 5.20. The third-order valence-corrected chi connectivity index (χ3v) is 4.96. The van der Waals surface area contributed by atoms with Crippen molar-refractivity contribution in [3.8, 4) is 0 Å². The van der Waals surface area contributed by atoms with Crippen molar-refractivity contribution in [3.05, 3.63) is 42.2 Å². The summed E-state index contributed by atoms with van der Waals surface area (Å²) in [6.07, 6.45) is 1.93. The summed E-state index contributed by atoms with van der Waals surface area (Å²) in [4.78, 5) is 27.9. The molecule has 2 N–H and O–H groups in total. The number of hydrogen-bond donors (Lipinski definition) is 2. The molecule has 1 saturated heterocycles. The van der Waals surface area contributed by atoms with Gasteiger partial charge in [-0.15, -0.1) is 6.58 Å². The van der Waals surface area contributed by atoms with E-state index in [1.807, 2.05) is 0 Å². The number of nitrogens with zero attached hydrogens (tertiary/aromatic N) is 1. The molecule has 8 heteroatoms. The molecule has 0 saturated carbocycles. The fraction of sp³-hybridized carbons (Fsp3) is 0.357. The lowest BCUT2D eigenvalue weighted by molar-refractivity contribution is 0.0935. The predicted molar refractivity (Wildman–Crippen MR) is 81.3 cm³/mol. The van der Waals surface area contributed by atoms with Crippen LogP contribution in [-0.2, 0) is 9.84 Å². The molecule has 22 heavy (non-hydrogen) atoms. The Labute approximate surface area is 128 Å². The third kappa shape index (κ3) is 4.14. The van der Waals surface area contributed by atoms with Gasteiger partial charge in [0.1, 0.15) is 11.4 Å². The van der Waals surface area contributed by atoms with Crippen LogP contribution in [0.4, 0.5) is 0 Å². The quantitative estimate of drug-likeness (QED) is 0.737. The van der Waals surface area contributed by atoms with Gasteiger partial charge in [0.25, 0.3) is 11.8 Å². The molecule has 1 fully saturated rings. The number of carbonyl (C=O) groups is 2. The number of pyridine rings is 1. The molecule has 2 rings (SSSR count). The number of nitrogens with one attached hydrogen (secondary N) is 2. The maximum absolute atomic E-state index is 12.1. The molecule has 0 radical (unpaired) electrons. The van der Waals surface area contributed by atoms with Crippen LogP contribution in [0.3, 0.4) is 0 Å². The lowest BCUT2D eigenvalue weighted by atomic mass is 10.2. The Morgan fingerprint density at radius 1 is 1.32 bits per heavy atom. The Hall–Kier alpha value is -2.22. The smallest absolute Gasteiger partial charge is 0.270 e. The van der Waals surface area contributed by atoms with Crippen LogP contribution in [0.5, 0.6) is 0 Å². The molecule has 2 heterocycles. The van der Waals surface area contributed by atoms with Crippen molar-refractivity contribution < 1.29 is 18.0 Å². The maximum atomic E-state index is 12.1. The molecule has 0 spiro atoms. The molecule has 7 nitrogen and oxygen atoms in total. The van der Waals surface area contributed by atoms with Crippen LogP contribution in [0.2, 0.25) is 0 Å². The van der Waals surface area contributed by atoms with Crippen molar-refractivity contribution in [1.29, 1.82) is 0 Å². The van der Waals surface area contributed by atoms with E-state index >= 15 is 0 Å². The zero-order chi connectivity index (χ0) is 16.2. The van der Waals surface area contributed by atoms with Gasteiger partial charge in [-0.1, -0.05) is 12.1 Å². The van der Waals surface area contributed by atoms with E-state index in [0.717, 1.165) is 0 Å². The molecule has 0 aromatic carbocycles. The van der Waals surface area contributed by atoms with E-state index < -0.39 is 27.7 Å². The molecular weight excluding hydrogens is 306 g/mol. The van der Waals surface area contributed by atoms with Crippen molar-refractivity contribution in [3.63, 3.8) is 0 Å². The normalized spacial score (nSPS) is 19.4. The molecule has 1 aromatic heterocycles. The zero-order valence-electron chi connectivity index (χ0n) is 11.9. The topological polar surface area (TPSA) is 105 Å². The first-order valence-corrected chi connectivity index (χ1v) is 8.61. The summed E-state index contributed by atoms with van der Waals surface area (Å²) in [6.45, 7) is 3.80. The highest BCUT2D eigenvalue weighted by Crippen LogP contribution is 2.12. The van der Waals surface area contributed by atoms with Crippen molar-refractivity contribution in [1.82, 2.24) is 15.6 Å². The van der Waals surface area contributed by atoms with Gasteiger partial charge in [0, 0.05) is 12.6 Å². The number of carbonyl (C=O) groups excluding carboxylic acids is 2. The summed E-state index contributed by atoms with van der Waals surface area (Å²) in [6, 6.07) is 4.12. The average Bonchev–Trinajstić information content (AvgIpc) is 2.83. The van der Waals surface area contributed by atoms with Crippen LogP contribution in [0.15, 0.2) is 30.9 Å². The predicted octanol–water partition coefficient (Wildman–Crippen LogP) is -0.0857. The Balaban J connectivity index is 2.04. The van der Waals surface area contributed by atoms with Crippen LogP contribution >= 0.6 is 0 Å². The van der Waals surface area contributed by atoms with Crippen LogP contribution in [0, 0.1) is 0 Å². The van der Waals surface area contributed by atoms with E-state index in [1.54, 1.807) is 6.07 Å². The Morgan fingerprint density at radius 2 is 2.00 bits per heavy atom. The summed E-state index contributed by atoms with van der Waals surface area (Å²) >= 11 is 0. The first-order valence-electron chi connectivity index (χ1n) is 6.79. The second-order valence-electron chi connectivity index (χ2n) is 4.98. The lowest BCUT2D eigenvalue weighted by Gasteiger charge is -2.10. The minimum absolute atomic E-state index is 0.0573. The van der Waals surface area contributed by atoms with Gasteiger partial charge in [-0.25, -0.2) is 13.4 Å². The summed E-state index contributed by atoms with van der Waals surface area (Å²) in [7, 11) is -3.06.